The van der Waals surface area contributed by atoms with Gasteiger partial charge in [-0.25, -0.2) is 19.6 Å². The van der Waals surface area contributed by atoms with Crippen LogP contribution >= 0.6 is 0 Å². The number of aromatic nitrogens is 5. The summed E-state index contributed by atoms with van der Waals surface area (Å²) in [6, 6.07) is 38.0. The standard InChI is InChI=1S/C41H29N5O4/c47-39(48)26-45-21-15-32(16-22-45)29-1-7-34(8-2-29)37-25-38(35-9-3-30(4-10-35)33-17-23-46(24-18-33)27-40(49)50)44-41(43-37)36-11-5-28(6-12-36)31-13-19-42-20-14-31/h1-25H,26-27H2/p+2. The minimum Gasteiger partial charge on any atom is -0.477 e. The molecule has 7 rings (SSSR count). The van der Waals surface area contributed by atoms with Gasteiger partial charge >= 0.3 is 11.9 Å². The minimum absolute atomic E-state index is 0.0896. The van der Waals surface area contributed by atoms with Crippen LogP contribution in [0.25, 0.3) is 67.3 Å². The van der Waals surface area contributed by atoms with Crippen LogP contribution < -0.4 is 9.13 Å². The molecule has 2 N–H and O–H groups in total. The van der Waals surface area contributed by atoms with Gasteiger partial charge in [-0.15, -0.1) is 0 Å². The number of carboxylic acid groups (broad SMARTS) is 2. The van der Waals surface area contributed by atoms with E-state index in [-0.39, 0.29) is 13.1 Å². The Morgan fingerprint density at radius 1 is 0.440 bits per heavy atom. The van der Waals surface area contributed by atoms with Crippen LogP contribution in [0, 0.1) is 0 Å². The van der Waals surface area contributed by atoms with E-state index in [1.54, 1.807) is 46.3 Å². The highest BCUT2D eigenvalue weighted by Gasteiger charge is 2.14. The van der Waals surface area contributed by atoms with Crippen molar-refractivity contribution >= 4 is 11.9 Å². The van der Waals surface area contributed by atoms with Crippen molar-refractivity contribution in [3.05, 3.63) is 152 Å². The van der Waals surface area contributed by atoms with Gasteiger partial charge in [-0.1, -0.05) is 72.8 Å². The number of benzene rings is 3. The summed E-state index contributed by atoms with van der Waals surface area (Å²) < 4.78 is 3.24. The molecule has 0 atom stereocenters. The molecule has 242 valence electrons. The lowest BCUT2D eigenvalue weighted by Gasteiger charge is -2.11. The highest BCUT2D eigenvalue weighted by Crippen LogP contribution is 2.31. The summed E-state index contributed by atoms with van der Waals surface area (Å²) in [5.74, 6) is -1.18. The van der Waals surface area contributed by atoms with Crippen LogP contribution in [-0.2, 0) is 22.7 Å². The molecule has 0 fully saturated rings. The second kappa shape index (κ2) is 14.1. The molecule has 4 heterocycles. The fourth-order valence-corrected chi connectivity index (χ4v) is 5.72. The molecule has 0 saturated carbocycles. The van der Waals surface area contributed by atoms with E-state index in [9.17, 15) is 9.59 Å². The predicted molar refractivity (Wildman–Crippen MR) is 188 cm³/mol. The first-order valence-corrected chi connectivity index (χ1v) is 15.9. The number of pyridine rings is 3. The third-order valence-corrected chi connectivity index (χ3v) is 8.33. The normalized spacial score (nSPS) is 10.9. The van der Waals surface area contributed by atoms with Crippen LogP contribution in [0.1, 0.15) is 0 Å². The largest absolute Gasteiger partial charge is 0.477 e. The van der Waals surface area contributed by atoms with E-state index in [2.05, 4.69) is 17.1 Å². The zero-order chi connectivity index (χ0) is 34.5. The lowest BCUT2D eigenvalue weighted by atomic mass is 10.0. The summed E-state index contributed by atoms with van der Waals surface area (Å²) in [5, 5.41) is 18.2. The van der Waals surface area contributed by atoms with E-state index >= 15 is 0 Å². The molecule has 0 aliphatic rings. The Bertz CT molecular complexity index is 2150. The lowest BCUT2D eigenvalue weighted by Crippen LogP contribution is -2.36. The maximum Gasteiger partial charge on any atom is 0.370 e. The van der Waals surface area contributed by atoms with Gasteiger partial charge in [-0.05, 0) is 51.6 Å². The third kappa shape index (κ3) is 7.32. The van der Waals surface area contributed by atoms with Crippen LogP contribution in [0.3, 0.4) is 0 Å². The van der Waals surface area contributed by atoms with E-state index in [1.165, 1.54) is 0 Å². The minimum atomic E-state index is -0.889. The Morgan fingerprint density at radius 2 is 0.760 bits per heavy atom. The topological polar surface area (TPSA) is 121 Å². The summed E-state index contributed by atoms with van der Waals surface area (Å²) in [7, 11) is 0. The summed E-state index contributed by atoms with van der Waals surface area (Å²) in [4.78, 5) is 36.3. The Hall–Kier alpha value is -6.87. The zero-order valence-electron chi connectivity index (χ0n) is 26.8. The van der Waals surface area contributed by atoms with E-state index in [0.29, 0.717) is 5.82 Å². The molecule has 9 nitrogen and oxygen atoms in total. The Kier molecular flexibility index (Phi) is 8.94. The van der Waals surface area contributed by atoms with Gasteiger partial charge in [0.05, 0.1) is 11.4 Å². The first kappa shape index (κ1) is 31.7. The number of nitrogens with zero attached hydrogens (tertiary/aromatic N) is 5. The van der Waals surface area contributed by atoms with Gasteiger partial charge in [0, 0.05) is 53.3 Å². The van der Waals surface area contributed by atoms with E-state index in [1.807, 2.05) is 103 Å². The van der Waals surface area contributed by atoms with Crippen LogP contribution in [0.4, 0.5) is 0 Å². The summed E-state index contributed by atoms with van der Waals surface area (Å²) >= 11 is 0. The van der Waals surface area contributed by atoms with Crippen LogP contribution in [-0.4, -0.2) is 37.1 Å². The van der Waals surface area contributed by atoms with Crippen molar-refractivity contribution in [2.45, 2.75) is 13.1 Å². The molecule has 4 aromatic heterocycles. The number of hydrogen-bond donors (Lipinski definition) is 2. The van der Waals surface area contributed by atoms with Gasteiger partial charge in [-0.3, -0.25) is 4.98 Å². The molecule has 0 spiro atoms. The van der Waals surface area contributed by atoms with Crippen molar-refractivity contribution in [1.82, 2.24) is 15.0 Å². The maximum absolute atomic E-state index is 11.1. The number of rotatable bonds is 10. The fraction of sp³-hybridized carbons (Fsp3) is 0.0488. The molecule has 0 saturated heterocycles. The van der Waals surface area contributed by atoms with Crippen molar-refractivity contribution in [2.75, 3.05) is 0 Å². The molecule has 3 aromatic carbocycles. The highest BCUT2D eigenvalue weighted by molar-refractivity contribution is 5.76. The Labute approximate surface area is 288 Å². The summed E-state index contributed by atoms with van der Waals surface area (Å²) in [6.07, 6.45) is 10.6. The van der Waals surface area contributed by atoms with Crippen LogP contribution in [0.15, 0.2) is 152 Å². The summed E-state index contributed by atoms with van der Waals surface area (Å²) in [5.41, 5.74) is 10.4. The molecule has 0 unspecified atom stereocenters. The number of carboxylic acids is 2. The van der Waals surface area contributed by atoms with Crippen LogP contribution in [0.2, 0.25) is 0 Å². The van der Waals surface area contributed by atoms with Crippen LogP contribution in [0.5, 0.6) is 0 Å². The van der Waals surface area contributed by atoms with Crippen molar-refractivity contribution in [3.8, 4) is 67.3 Å². The second-order valence-electron chi connectivity index (χ2n) is 11.7. The van der Waals surface area contributed by atoms with Crippen molar-refractivity contribution in [3.63, 3.8) is 0 Å². The van der Waals surface area contributed by atoms with E-state index in [0.717, 1.165) is 61.5 Å². The SMILES string of the molecule is O=C(O)C[n+]1ccc(-c2ccc(-c3cc(-c4ccc(-c5cc[n+](CC(=O)O)cc5)cc4)nc(-c4ccc(-c5ccncc5)cc4)n3)cc2)cc1. The Morgan fingerprint density at radius 3 is 1.14 bits per heavy atom. The fourth-order valence-electron chi connectivity index (χ4n) is 5.72. The molecular formula is C41H31N5O4+2. The maximum atomic E-state index is 11.1. The van der Waals surface area contributed by atoms with Crippen molar-refractivity contribution in [1.29, 1.82) is 0 Å². The second-order valence-corrected chi connectivity index (χ2v) is 11.7. The summed E-state index contributed by atoms with van der Waals surface area (Å²) in [6.45, 7) is -0.179. The first-order valence-electron chi connectivity index (χ1n) is 15.9. The monoisotopic (exact) mass is 657 g/mol. The van der Waals surface area contributed by atoms with Gasteiger partial charge in [0.2, 0.25) is 13.1 Å². The molecule has 7 aromatic rings. The number of aliphatic carboxylic acids is 2. The predicted octanol–water partition coefficient (Wildman–Crippen LogP) is 6.62. The molecule has 0 amide bonds. The molecule has 9 heteroatoms. The quantitative estimate of drug-likeness (QED) is 0.159. The smallest absolute Gasteiger partial charge is 0.370 e. The van der Waals surface area contributed by atoms with Crippen molar-refractivity contribution < 1.29 is 28.9 Å². The van der Waals surface area contributed by atoms with Gasteiger partial charge in [0.25, 0.3) is 0 Å². The first-order chi connectivity index (χ1) is 24.4. The molecule has 0 bridgehead atoms. The molecule has 50 heavy (non-hydrogen) atoms. The zero-order valence-corrected chi connectivity index (χ0v) is 26.8. The van der Waals surface area contributed by atoms with Crippen molar-refractivity contribution in [2.24, 2.45) is 0 Å². The molecule has 0 aliphatic heterocycles. The van der Waals surface area contributed by atoms with E-state index in [4.69, 9.17) is 20.2 Å². The van der Waals surface area contributed by atoms with E-state index < -0.39 is 11.9 Å². The average Bonchev–Trinajstić information content (AvgIpc) is 3.15. The van der Waals surface area contributed by atoms with Gasteiger partial charge < -0.3 is 10.2 Å². The average molecular weight is 658 g/mol. The number of carbonyl (C=O) groups is 2. The third-order valence-electron chi connectivity index (χ3n) is 8.33. The molecular weight excluding hydrogens is 626 g/mol. The van der Waals surface area contributed by atoms with Gasteiger partial charge in [-0.2, -0.15) is 9.13 Å². The lowest BCUT2D eigenvalue weighted by molar-refractivity contribution is -0.685. The van der Waals surface area contributed by atoms with Gasteiger partial charge in [0.1, 0.15) is 0 Å². The highest BCUT2D eigenvalue weighted by atomic mass is 16.4. The molecule has 0 aliphatic carbocycles. The number of hydrogen-bond acceptors (Lipinski definition) is 5. The Balaban J connectivity index is 1.22. The molecule has 0 radical (unpaired) electrons. The van der Waals surface area contributed by atoms with Gasteiger partial charge in [0.15, 0.2) is 30.6 Å².